The molecule has 0 aromatic rings. The van der Waals surface area contributed by atoms with Crippen molar-refractivity contribution in [2.24, 2.45) is 11.1 Å². The van der Waals surface area contributed by atoms with Gasteiger partial charge in [-0.25, -0.2) is 0 Å². The molecule has 0 fully saturated rings. The minimum Gasteiger partial charge on any atom is -0.392 e. The van der Waals surface area contributed by atoms with E-state index in [0.29, 0.717) is 0 Å². The van der Waals surface area contributed by atoms with Crippen LogP contribution in [0.15, 0.2) is 0 Å². The van der Waals surface area contributed by atoms with Crippen LogP contribution < -0.4 is 11.1 Å². The molecule has 4 heteroatoms. The molecule has 1 amide bonds. The highest BCUT2D eigenvalue weighted by Crippen LogP contribution is 2.28. The molecule has 0 aliphatic rings. The van der Waals surface area contributed by atoms with E-state index in [-0.39, 0.29) is 12.5 Å². The molecule has 0 saturated heterocycles. The fraction of sp³-hybridized carbons (Fsp3) is 0.900. The standard InChI is InChI=1S/C10H22N2O2/c1-7(13)6-12-8(14)9(2,3)10(4,5)11/h7,13H,6,11H2,1-5H3,(H,12,14). The number of nitrogens with one attached hydrogen (secondary N) is 1. The summed E-state index contributed by atoms with van der Waals surface area (Å²) in [6.07, 6.45) is -0.532. The average molecular weight is 202 g/mol. The van der Waals surface area contributed by atoms with Crippen LogP contribution in [-0.2, 0) is 4.79 Å². The van der Waals surface area contributed by atoms with Crippen LogP contribution in [0.1, 0.15) is 34.6 Å². The van der Waals surface area contributed by atoms with E-state index in [1.54, 1.807) is 20.8 Å². The first-order valence-corrected chi connectivity index (χ1v) is 4.84. The average Bonchev–Trinajstić information content (AvgIpc) is 1.97. The number of hydrogen-bond donors (Lipinski definition) is 3. The van der Waals surface area contributed by atoms with E-state index in [1.807, 2.05) is 13.8 Å². The summed E-state index contributed by atoms with van der Waals surface area (Å²) in [5.74, 6) is -0.133. The summed E-state index contributed by atoms with van der Waals surface area (Å²) in [6.45, 7) is 9.11. The summed E-state index contributed by atoms with van der Waals surface area (Å²) in [7, 11) is 0. The maximum Gasteiger partial charge on any atom is 0.227 e. The third kappa shape index (κ3) is 3.27. The lowest BCUT2D eigenvalue weighted by atomic mass is 9.74. The molecule has 0 bridgehead atoms. The number of rotatable bonds is 4. The van der Waals surface area contributed by atoms with Gasteiger partial charge in [-0.2, -0.15) is 0 Å². The summed E-state index contributed by atoms with van der Waals surface area (Å²) in [4.78, 5) is 11.7. The fourth-order valence-corrected chi connectivity index (χ4v) is 0.754. The normalized spacial score (nSPS) is 15.1. The SMILES string of the molecule is CC(O)CNC(=O)C(C)(C)C(C)(C)N. The van der Waals surface area contributed by atoms with Gasteiger partial charge in [0, 0.05) is 12.1 Å². The van der Waals surface area contributed by atoms with Gasteiger partial charge in [0.2, 0.25) is 5.91 Å². The molecule has 0 saturated carbocycles. The lowest BCUT2D eigenvalue weighted by molar-refractivity contribution is -0.132. The number of hydrogen-bond acceptors (Lipinski definition) is 3. The van der Waals surface area contributed by atoms with Crippen molar-refractivity contribution in [2.45, 2.75) is 46.3 Å². The van der Waals surface area contributed by atoms with Crippen molar-refractivity contribution in [3.63, 3.8) is 0 Å². The van der Waals surface area contributed by atoms with Crippen molar-refractivity contribution in [3.05, 3.63) is 0 Å². The Morgan fingerprint density at radius 2 is 1.86 bits per heavy atom. The monoisotopic (exact) mass is 202 g/mol. The minimum absolute atomic E-state index is 0.133. The van der Waals surface area contributed by atoms with Crippen LogP contribution in [0.3, 0.4) is 0 Å². The molecule has 4 nitrogen and oxygen atoms in total. The van der Waals surface area contributed by atoms with Crippen molar-refractivity contribution >= 4 is 5.91 Å². The lowest BCUT2D eigenvalue weighted by Gasteiger charge is -2.37. The van der Waals surface area contributed by atoms with Crippen LogP contribution in [0.4, 0.5) is 0 Å². The summed E-state index contributed by atoms with van der Waals surface area (Å²) in [5.41, 5.74) is 4.66. The van der Waals surface area contributed by atoms with E-state index in [9.17, 15) is 4.79 Å². The summed E-state index contributed by atoms with van der Waals surface area (Å²) in [6, 6.07) is 0. The van der Waals surface area contributed by atoms with Gasteiger partial charge in [0.25, 0.3) is 0 Å². The van der Waals surface area contributed by atoms with E-state index in [1.165, 1.54) is 0 Å². The van der Waals surface area contributed by atoms with E-state index in [0.717, 1.165) is 0 Å². The molecule has 1 unspecified atom stereocenters. The van der Waals surface area contributed by atoms with Gasteiger partial charge in [0.05, 0.1) is 11.5 Å². The first-order chi connectivity index (χ1) is 6.09. The first-order valence-electron chi connectivity index (χ1n) is 4.84. The third-order valence-electron chi connectivity index (χ3n) is 2.74. The molecule has 0 aromatic heterocycles. The van der Waals surface area contributed by atoms with E-state index < -0.39 is 17.1 Å². The Kier molecular flexibility index (Phi) is 4.09. The summed E-state index contributed by atoms with van der Waals surface area (Å²) < 4.78 is 0. The zero-order valence-corrected chi connectivity index (χ0v) is 9.72. The zero-order valence-electron chi connectivity index (χ0n) is 9.72. The Hall–Kier alpha value is -0.610. The smallest absolute Gasteiger partial charge is 0.227 e. The van der Waals surface area contributed by atoms with Crippen LogP contribution >= 0.6 is 0 Å². The molecule has 0 heterocycles. The Morgan fingerprint density at radius 1 is 1.43 bits per heavy atom. The Balaban J connectivity index is 4.38. The third-order valence-corrected chi connectivity index (χ3v) is 2.74. The van der Waals surface area contributed by atoms with Crippen molar-refractivity contribution < 1.29 is 9.90 Å². The summed E-state index contributed by atoms with van der Waals surface area (Å²) in [5, 5.41) is 11.7. The van der Waals surface area contributed by atoms with Gasteiger partial charge >= 0.3 is 0 Å². The van der Waals surface area contributed by atoms with Crippen LogP contribution in [0, 0.1) is 5.41 Å². The number of carbonyl (C=O) groups is 1. The second kappa shape index (κ2) is 4.28. The molecule has 14 heavy (non-hydrogen) atoms. The van der Waals surface area contributed by atoms with Crippen molar-refractivity contribution in [3.8, 4) is 0 Å². The highest BCUT2D eigenvalue weighted by atomic mass is 16.3. The number of aliphatic hydroxyl groups is 1. The molecule has 0 aliphatic carbocycles. The topological polar surface area (TPSA) is 75.3 Å². The van der Waals surface area contributed by atoms with Gasteiger partial charge < -0.3 is 16.2 Å². The molecular formula is C10H22N2O2. The second-order valence-electron chi connectivity index (χ2n) is 4.91. The lowest BCUT2D eigenvalue weighted by Crippen LogP contribution is -2.56. The van der Waals surface area contributed by atoms with Crippen LogP contribution in [0.2, 0.25) is 0 Å². The van der Waals surface area contributed by atoms with Crippen LogP contribution in [0.5, 0.6) is 0 Å². The van der Waals surface area contributed by atoms with Gasteiger partial charge in [0.1, 0.15) is 0 Å². The highest BCUT2D eigenvalue weighted by Gasteiger charge is 2.40. The molecule has 1 atom stereocenters. The van der Waals surface area contributed by atoms with E-state index >= 15 is 0 Å². The number of aliphatic hydroxyl groups excluding tert-OH is 1. The highest BCUT2D eigenvalue weighted by molar-refractivity contribution is 5.83. The molecule has 0 aliphatic heterocycles. The molecule has 0 radical (unpaired) electrons. The van der Waals surface area contributed by atoms with E-state index in [4.69, 9.17) is 10.8 Å². The van der Waals surface area contributed by atoms with Crippen molar-refractivity contribution in [2.75, 3.05) is 6.54 Å². The molecule has 0 spiro atoms. The predicted octanol–water partition coefficient (Wildman–Crippen LogP) is 0.247. The maximum absolute atomic E-state index is 11.7. The molecule has 0 rings (SSSR count). The molecule has 0 aromatic carbocycles. The largest absolute Gasteiger partial charge is 0.392 e. The van der Waals surface area contributed by atoms with Gasteiger partial charge in [0.15, 0.2) is 0 Å². The number of carbonyl (C=O) groups excluding carboxylic acids is 1. The second-order valence-corrected chi connectivity index (χ2v) is 4.91. The molecule has 84 valence electrons. The van der Waals surface area contributed by atoms with Crippen LogP contribution in [-0.4, -0.2) is 29.2 Å². The quantitative estimate of drug-likeness (QED) is 0.611. The number of nitrogens with two attached hydrogens (primary N) is 1. The van der Waals surface area contributed by atoms with Gasteiger partial charge in [-0.05, 0) is 34.6 Å². The minimum atomic E-state index is -0.651. The fourth-order valence-electron chi connectivity index (χ4n) is 0.754. The van der Waals surface area contributed by atoms with Crippen LogP contribution in [0.25, 0.3) is 0 Å². The van der Waals surface area contributed by atoms with Gasteiger partial charge in [-0.3, -0.25) is 4.79 Å². The summed E-state index contributed by atoms with van der Waals surface area (Å²) >= 11 is 0. The molecular weight excluding hydrogens is 180 g/mol. The Morgan fingerprint density at radius 3 is 2.14 bits per heavy atom. The maximum atomic E-state index is 11.7. The number of amides is 1. The van der Waals surface area contributed by atoms with E-state index in [2.05, 4.69) is 5.32 Å². The molecule has 4 N–H and O–H groups in total. The van der Waals surface area contributed by atoms with Gasteiger partial charge in [-0.1, -0.05) is 0 Å². The zero-order chi connectivity index (χ0) is 11.6. The Labute approximate surface area is 85.9 Å². The van der Waals surface area contributed by atoms with Crippen molar-refractivity contribution in [1.29, 1.82) is 0 Å². The predicted molar refractivity (Wildman–Crippen MR) is 56.7 cm³/mol. The van der Waals surface area contributed by atoms with Gasteiger partial charge in [-0.15, -0.1) is 0 Å². The Bertz CT molecular complexity index is 205. The first kappa shape index (κ1) is 13.4. The van der Waals surface area contributed by atoms with Crippen molar-refractivity contribution in [1.82, 2.24) is 5.32 Å².